The Hall–Kier alpha value is -3.60. The van der Waals surface area contributed by atoms with Crippen molar-refractivity contribution in [3.63, 3.8) is 0 Å². The van der Waals surface area contributed by atoms with Crippen LogP contribution in [-0.2, 0) is 16.8 Å². The van der Waals surface area contributed by atoms with Crippen LogP contribution in [-0.4, -0.2) is 30.9 Å². The fraction of sp³-hybridized carbons (Fsp3) is 0.231. The van der Waals surface area contributed by atoms with E-state index >= 15 is 0 Å². The van der Waals surface area contributed by atoms with Crippen molar-refractivity contribution >= 4 is 11.9 Å². The van der Waals surface area contributed by atoms with Crippen molar-refractivity contribution in [2.45, 2.75) is 18.9 Å². The van der Waals surface area contributed by atoms with Gasteiger partial charge in [0.1, 0.15) is 5.75 Å². The van der Waals surface area contributed by atoms with Crippen molar-refractivity contribution < 1.29 is 9.53 Å². The van der Waals surface area contributed by atoms with E-state index < -0.39 is 5.54 Å². The lowest BCUT2D eigenvalue weighted by Gasteiger charge is -2.46. The van der Waals surface area contributed by atoms with Crippen molar-refractivity contribution in [3.8, 4) is 16.9 Å². The van der Waals surface area contributed by atoms with Gasteiger partial charge in [0.05, 0.1) is 18.6 Å². The number of hydrogen-bond donors (Lipinski definition) is 2. The summed E-state index contributed by atoms with van der Waals surface area (Å²) < 4.78 is 5.38. The quantitative estimate of drug-likeness (QED) is 0.650. The van der Waals surface area contributed by atoms with Crippen molar-refractivity contribution in [1.82, 2.24) is 10.2 Å². The van der Waals surface area contributed by atoms with Crippen molar-refractivity contribution in [1.29, 1.82) is 5.41 Å². The highest BCUT2D eigenvalue weighted by molar-refractivity contribution is 6.00. The van der Waals surface area contributed by atoms with Gasteiger partial charge in [-0.3, -0.25) is 15.1 Å². The average molecular weight is 414 g/mol. The monoisotopic (exact) mass is 413 g/mol. The molecule has 1 fully saturated rings. The minimum atomic E-state index is -0.717. The second kappa shape index (κ2) is 8.26. The fourth-order valence-electron chi connectivity index (χ4n) is 4.25. The molecule has 2 atom stereocenters. The zero-order valence-corrected chi connectivity index (χ0v) is 18.1. The zero-order valence-electron chi connectivity index (χ0n) is 18.1. The van der Waals surface area contributed by atoms with Crippen LogP contribution in [0.25, 0.3) is 11.1 Å². The third-order valence-corrected chi connectivity index (χ3v) is 6.19. The molecule has 5 heteroatoms. The van der Waals surface area contributed by atoms with Gasteiger partial charge in [-0.15, -0.1) is 0 Å². The van der Waals surface area contributed by atoms with Crippen molar-refractivity contribution in [2.24, 2.45) is 5.92 Å². The normalized spacial score (nSPS) is 21.0. The van der Waals surface area contributed by atoms with E-state index in [9.17, 15) is 4.79 Å². The van der Waals surface area contributed by atoms with E-state index in [1.165, 1.54) is 4.90 Å². The Bertz CT molecular complexity index is 1110. The highest BCUT2D eigenvalue weighted by atomic mass is 16.5. The zero-order chi connectivity index (χ0) is 22.0. The Labute approximate surface area is 183 Å². The first-order valence-corrected chi connectivity index (χ1v) is 10.4. The number of ether oxygens (including phenoxy) is 1. The number of guanidine groups is 1. The van der Waals surface area contributed by atoms with Crippen LogP contribution >= 0.6 is 0 Å². The molecule has 0 spiro atoms. The molecule has 1 saturated heterocycles. The molecule has 2 N–H and O–H groups in total. The van der Waals surface area contributed by atoms with Gasteiger partial charge in [-0.1, -0.05) is 60.7 Å². The summed E-state index contributed by atoms with van der Waals surface area (Å²) >= 11 is 0. The fourth-order valence-corrected chi connectivity index (χ4v) is 4.25. The molecule has 0 aromatic heterocycles. The van der Waals surface area contributed by atoms with Crippen LogP contribution in [0.3, 0.4) is 0 Å². The molecule has 4 rings (SSSR count). The van der Waals surface area contributed by atoms with Gasteiger partial charge >= 0.3 is 0 Å². The van der Waals surface area contributed by atoms with E-state index in [4.69, 9.17) is 10.1 Å². The van der Waals surface area contributed by atoms with Crippen molar-refractivity contribution in [2.75, 3.05) is 14.2 Å². The van der Waals surface area contributed by atoms with Crippen LogP contribution in [0, 0.1) is 11.3 Å². The first-order chi connectivity index (χ1) is 14.9. The molecular formula is C26H27N3O2. The first kappa shape index (κ1) is 20.7. The smallest absolute Gasteiger partial charge is 0.235 e. The lowest BCUT2D eigenvalue weighted by atomic mass is 9.74. The van der Waals surface area contributed by atoms with E-state index in [1.807, 2.05) is 73.7 Å². The lowest BCUT2D eigenvalue weighted by molar-refractivity contribution is -0.135. The number of carbonyl (C=O) groups is 1. The van der Waals surface area contributed by atoms with Crippen LogP contribution < -0.4 is 10.1 Å². The van der Waals surface area contributed by atoms with Gasteiger partial charge < -0.3 is 10.1 Å². The molecule has 5 nitrogen and oxygen atoms in total. The second-order valence-electron chi connectivity index (χ2n) is 8.13. The second-order valence-corrected chi connectivity index (χ2v) is 8.13. The first-order valence-electron chi connectivity index (χ1n) is 10.4. The van der Waals surface area contributed by atoms with Gasteiger partial charge in [0.15, 0.2) is 5.96 Å². The molecule has 31 heavy (non-hydrogen) atoms. The molecule has 0 bridgehead atoms. The summed E-state index contributed by atoms with van der Waals surface area (Å²) in [5, 5.41) is 11.7. The molecule has 1 amide bonds. The molecule has 0 unspecified atom stereocenters. The number of benzene rings is 3. The van der Waals surface area contributed by atoms with Crippen LogP contribution in [0.1, 0.15) is 18.1 Å². The van der Waals surface area contributed by atoms with Gasteiger partial charge in [-0.2, -0.15) is 0 Å². The summed E-state index contributed by atoms with van der Waals surface area (Å²) in [6, 6.07) is 26.1. The summed E-state index contributed by atoms with van der Waals surface area (Å²) in [7, 11) is 3.31. The number of rotatable bonds is 5. The molecular weight excluding hydrogens is 386 g/mol. The average Bonchev–Trinajstić information content (AvgIpc) is 2.81. The van der Waals surface area contributed by atoms with Crippen LogP contribution in [0.15, 0.2) is 78.9 Å². The molecule has 1 aliphatic heterocycles. The standard InChI is InChI=1S/C26H27N3O2/c1-26(21-13-7-11-19(16-21)20-12-8-14-22(17-20)31-3)23(15-18-9-5-4-6-10-18)24(30)29(2)25(27)28-26/h4-14,16-17,23H,15H2,1-3H3,(H2,27,28)/t23-,26+/m0/s1. The molecule has 158 valence electrons. The maximum atomic E-state index is 13.3. The molecule has 0 radical (unpaired) electrons. The minimum absolute atomic E-state index is 0.0538. The van der Waals surface area contributed by atoms with Gasteiger partial charge in [0.2, 0.25) is 5.91 Å². The van der Waals surface area contributed by atoms with Gasteiger partial charge in [-0.05, 0) is 53.8 Å². The predicted octanol–water partition coefficient (Wildman–Crippen LogP) is 4.43. The number of methoxy groups -OCH3 is 1. The molecule has 0 saturated carbocycles. The van der Waals surface area contributed by atoms with E-state index in [0.717, 1.165) is 28.0 Å². The summed E-state index contributed by atoms with van der Waals surface area (Å²) in [6.07, 6.45) is 0.587. The number of nitrogens with zero attached hydrogens (tertiary/aromatic N) is 1. The largest absolute Gasteiger partial charge is 0.497 e. The van der Waals surface area contributed by atoms with Crippen LogP contribution in [0.4, 0.5) is 0 Å². The van der Waals surface area contributed by atoms with Gasteiger partial charge in [0.25, 0.3) is 0 Å². The molecule has 3 aromatic carbocycles. The molecule has 3 aromatic rings. The molecule has 1 heterocycles. The summed E-state index contributed by atoms with van der Waals surface area (Å²) in [5.41, 5.74) is 3.43. The Balaban J connectivity index is 1.77. The Morgan fingerprint density at radius 3 is 2.39 bits per heavy atom. The molecule has 1 aliphatic rings. The van der Waals surface area contributed by atoms with Gasteiger partial charge in [-0.25, -0.2) is 0 Å². The van der Waals surface area contributed by atoms with Gasteiger partial charge in [0, 0.05) is 7.05 Å². The number of hydrogen-bond acceptors (Lipinski definition) is 3. The predicted molar refractivity (Wildman–Crippen MR) is 123 cm³/mol. The Morgan fingerprint density at radius 1 is 1.00 bits per heavy atom. The summed E-state index contributed by atoms with van der Waals surface area (Å²) in [4.78, 5) is 14.7. The Kier molecular flexibility index (Phi) is 5.51. The minimum Gasteiger partial charge on any atom is -0.497 e. The summed E-state index contributed by atoms with van der Waals surface area (Å²) in [5.74, 6) is 0.505. The maximum Gasteiger partial charge on any atom is 0.235 e. The maximum absolute atomic E-state index is 13.3. The topological polar surface area (TPSA) is 65.4 Å². The highest BCUT2D eigenvalue weighted by Crippen LogP contribution is 2.38. The number of amides is 1. The van der Waals surface area contributed by atoms with E-state index in [-0.39, 0.29) is 17.8 Å². The molecule has 0 aliphatic carbocycles. The SMILES string of the molecule is COc1cccc(-c2cccc([C@@]3(C)NC(=N)N(C)C(=O)[C@@H]3Cc3ccccc3)c2)c1. The number of carbonyl (C=O) groups excluding carboxylic acids is 1. The third-order valence-electron chi connectivity index (χ3n) is 6.19. The van der Waals surface area contributed by atoms with Crippen LogP contribution in [0.2, 0.25) is 0 Å². The van der Waals surface area contributed by atoms with E-state index in [0.29, 0.717) is 6.42 Å². The highest BCUT2D eigenvalue weighted by Gasteiger charge is 2.47. The van der Waals surface area contributed by atoms with E-state index in [2.05, 4.69) is 17.4 Å². The van der Waals surface area contributed by atoms with E-state index in [1.54, 1.807) is 14.2 Å². The third kappa shape index (κ3) is 3.91. The Morgan fingerprint density at radius 2 is 1.68 bits per heavy atom. The number of nitrogens with one attached hydrogen (secondary N) is 2. The van der Waals surface area contributed by atoms with Crippen LogP contribution in [0.5, 0.6) is 5.75 Å². The van der Waals surface area contributed by atoms with Crippen molar-refractivity contribution in [3.05, 3.63) is 90.0 Å². The summed E-state index contributed by atoms with van der Waals surface area (Å²) in [6.45, 7) is 2.02. The lowest BCUT2D eigenvalue weighted by Crippen LogP contribution is -2.64.